The van der Waals surface area contributed by atoms with E-state index in [1.807, 2.05) is 42.5 Å². The molecule has 0 spiro atoms. The van der Waals surface area contributed by atoms with Crippen molar-refractivity contribution in [2.75, 3.05) is 7.05 Å². The van der Waals surface area contributed by atoms with Crippen LogP contribution in [0.15, 0.2) is 54.6 Å². The highest BCUT2D eigenvalue weighted by atomic mass is 32.1. The van der Waals surface area contributed by atoms with Gasteiger partial charge in [-0.25, -0.2) is 0 Å². The first kappa shape index (κ1) is 14.3. The lowest BCUT2D eigenvalue weighted by Crippen LogP contribution is -2.25. The second-order valence-corrected chi connectivity index (χ2v) is 6.20. The third-order valence-corrected chi connectivity index (χ3v) is 4.59. The van der Waals surface area contributed by atoms with Crippen LogP contribution in [0, 0.1) is 11.3 Å². The van der Waals surface area contributed by atoms with E-state index >= 15 is 0 Å². The first-order valence-corrected chi connectivity index (χ1v) is 7.72. The van der Waals surface area contributed by atoms with Gasteiger partial charge in [-0.05, 0) is 35.2 Å². The van der Waals surface area contributed by atoms with Crippen molar-refractivity contribution in [3.63, 3.8) is 0 Å². The highest BCUT2D eigenvalue weighted by Gasteiger charge is 2.15. The number of hydrogen-bond acceptors (Lipinski definition) is 3. The van der Waals surface area contributed by atoms with Gasteiger partial charge in [0.25, 0.3) is 5.91 Å². The molecule has 0 radical (unpaired) electrons. The lowest BCUT2D eigenvalue weighted by atomic mass is 10.1. The molecular formula is C18H14N2OS. The molecule has 0 aliphatic heterocycles. The third-order valence-electron chi connectivity index (χ3n) is 3.49. The second kappa shape index (κ2) is 6.00. The van der Waals surface area contributed by atoms with E-state index in [2.05, 4.69) is 6.07 Å². The number of rotatable bonds is 3. The molecular weight excluding hydrogens is 292 g/mol. The normalized spacial score (nSPS) is 10.4. The van der Waals surface area contributed by atoms with Crippen LogP contribution < -0.4 is 0 Å². The van der Waals surface area contributed by atoms with Crippen LogP contribution in [0.5, 0.6) is 0 Å². The van der Waals surface area contributed by atoms with Crippen molar-refractivity contribution in [3.05, 3.63) is 70.6 Å². The first-order chi connectivity index (χ1) is 10.7. The van der Waals surface area contributed by atoms with Gasteiger partial charge in [0.05, 0.1) is 16.5 Å². The maximum Gasteiger partial charge on any atom is 0.264 e. The summed E-state index contributed by atoms with van der Waals surface area (Å²) in [6.45, 7) is 0.527. The number of thiophene rings is 1. The number of benzene rings is 2. The van der Waals surface area contributed by atoms with Crippen molar-refractivity contribution >= 4 is 27.3 Å². The van der Waals surface area contributed by atoms with Gasteiger partial charge in [-0.15, -0.1) is 11.3 Å². The Morgan fingerprint density at radius 1 is 1.18 bits per heavy atom. The van der Waals surface area contributed by atoms with E-state index < -0.39 is 0 Å². The third kappa shape index (κ3) is 2.85. The van der Waals surface area contributed by atoms with Crippen LogP contribution >= 0.6 is 11.3 Å². The summed E-state index contributed by atoms with van der Waals surface area (Å²) in [5.74, 6) is 0.0190. The van der Waals surface area contributed by atoms with Crippen LogP contribution in [0.3, 0.4) is 0 Å². The number of amides is 1. The Bertz CT molecular complexity index is 826. The Morgan fingerprint density at radius 2 is 1.91 bits per heavy atom. The van der Waals surface area contributed by atoms with E-state index in [0.717, 1.165) is 20.5 Å². The minimum Gasteiger partial charge on any atom is -0.337 e. The Labute approximate surface area is 133 Å². The van der Waals surface area contributed by atoms with Gasteiger partial charge in [0.2, 0.25) is 0 Å². The van der Waals surface area contributed by atoms with Gasteiger partial charge in [0.1, 0.15) is 0 Å². The highest BCUT2D eigenvalue weighted by Crippen LogP contribution is 2.26. The maximum absolute atomic E-state index is 12.5. The molecule has 0 aliphatic rings. The molecule has 0 saturated heterocycles. The standard InChI is InChI=1S/C18H14N2OS/c1-20(12-14-8-6-13(11-19)7-9-14)18(21)17-10-15-4-2-3-5-16(15)22-17/h2-10H,12H2,1H3. The quantitative estimate of drug-likeness (QED) is 0.733. The lowest BCUT2D eigenvalue weighted by molar-refractivity contribution is 0.0790. The van der Waals surface area contributed by atoms with Crippen LogP contribution in [-0.4, -0.2) is 17.9 Å². The summed E-state index contributed by atoms with van der Waals surface area (Å²) in [5, 5.41) is 9.90. The van der Waals surface area contributed by atoms with Crippen LogP contribution in [0.25, 0.3) is 10.1 Å². The summed E-state index contributed by atoms with van der Waals surface area (Å²) in [6, 6.07) is 19.3. The molecule has 1 aromatic heterocycles. The maximum atomic E-state index is 12.5. The van der Waals surface area contributed by atoms with Gasteiger partial charge in [0.15, 0.2) is 0 Å². The Balaban J connectivity index is 1.77. The van der Waals surface area contributed by atoms with E-state index in [1.165, 1.54) is 11.3 Å². The summed E-state index contributed by atoms with van der Waals surface area (Å²) in [4.78, 5) is 15.0. The number of carbonyl (C=O) groups is 1. The number of hydrogen-bond donors (Lipinski definition) is 0. The second-order valence-electron chi connectivity index (χ2n) is 5.12. The molecule has 0 unspecified atom stereocenters. The molecule has 0 aliphatic carbocycles. The fraction of sp³-hybridized carbons (Fsp3) is 0.111. The smallest absolute Gasteiger partial charge is 0.264 e. The van der Waals surface area contributed by atoms with Crippen molar-refractivity contribution in [1.82, 2.24) is 4.90 Å². The predicted molar refractivity (Wildman–Crippen MR) is 88.8 cm³/mol. The van der Waals surface area contributed by atoms with Crippen LogP contribution in [0.1, 0.15) is 20.8 Å². The zero-order valence-electron chi connectivity index (χ0n) is 12.1. The molecule has 0 saturated carbocycles. The Morgan fingerprint density at radius 3 is 2.59 bits per heavy atom. The summed E-state index contributed by atoms with van der Waals surface area (Å²) in [7, 11) is 1.80. The molecule has 2 aromatic carbocycles. The van der Waals surface area contributed by atoms with Gasteiger partial charge >= 0.3 is 0 Å². The first-order valence-electron chi connectivity index (χ1n) is 6.90. The SMILES string of the molecule is CN(Cc1ccc(C#N)cc1)C(=O)c1cc2ccccc2s1. The van der Waals surface area contributed by atoms with Crippen molar-refractivity contribution in [1.29, 1.82) is 5.26 Å². The number of carbonyl (C=O) groups excluding carboxylic acids is 1. The van der Waals surface area contributed by atoms with Gasteiger partial charge in [-0.2, -0.15) is 5.26 Å². The van der Waals surface area contributed by atoms with E-state index in [4.69, 9.17) is 5.26 Å². The van der Waals surface area contributed by atoms with Crippen LogP contribution in [0.4, 0.5) is 0 Å². The Hall–Kier alpha value is -2.64. The van der Waals surface area contributed by atoms with Crippen LogP contribution in [-0.2, 0) is 6.54 Å². The van der Waals surface area contributed by atoms with Gasteiger partial charge in [-0.3, -0.25) is 4.79 Å². The number of fused-ring (bicyclic) bond motifs is 1. The Kier molecular flexibility index (Phi) is 3.90. The predicted octanol–water partition coefficient (Wildman–Crippen LogP) is 4.05. The monoisotopic (exact) mass is 306 g/mol. The fourth-order valence-corrected chi connectivity index (χ4v) is 3.36. The molecule has 3 aromatic rings. The van der Waals surface area contributed by atoms with Crippen molar-refractivity contribution in [2.45, 2.75) is 6.54 Å². The minimum atomic E-state index is 0.0190. The fourth-order valence-electron chi connectivity index (χ4n) is 2.31. The van der Waals surface area contributed by atoms with E-state index in [1.54, 1.807) is 24.1 Å². The molecule has 22 heavy (non-hydrogen) atoms. The highest BCUT2D eigenvalue weighted by molar-refractivity contribution is 7.20. The van der Waals surface area contributed by atoms with E-state index in [9.17, 15) is 4.79 Å². The van der Waals surface area contributed by atoms with Crippen molar-refractivity contribution in [2.24, 2.45) is 0 Å². The molecule has 3 nitrogen and oxygen atoms in total. The number of nitrogens with zero attached hydrogens (tertiary/aromatic N) is 2. The average molecular weight is 306 g/mol. The molecule has 108 valence electrons. The molecule has 4 heteroatoms. The molecule has 0 N–H and O–H groups in total. The molecule has 0 bridgehead atoms. The number of nitriles is 1. The van der Waals surface area contributed by atoms with Crippen LogP contribution in [0.2, 0.25) is 0 Å². The zero-order valence-corrected chi connectivity index (χ0v) is 12.9. The summed E-state index contributed by atoms with van der Waals surface area (Å²) >= 11 is 1.52. The molecule has 1 heterocycles. The summed E-state index contributed by atoms with van der Waals surface area (Å²) in [5.41, 5.74) is 1.64. The molecule has 1 amide bonds. The average Bonchev–Trinajstić information content (AvgIpc) is 2.98. The molecule has 3 rings (SSSR count). The van der Waals surface area contributed by atoms with E-state index in [0.29, 0.717) is 12.1 Å². The topological polar surface area (TPSA) is 44.1 Å². The van der Waals surface area contributed by atoms with Crippen molar-refractivity contribution < 1.29 is 4.79 Å². The molecule has 0 fully saturated rings. The summed E-state index contributed by atoms with van der Waals surface area (Å²) < 4.78 is 1.12. The van der Waals surface area contributed by atoms with Crippen molar-refractivity contribution in [3.8, 4) is 6.07 Å². The van der Waals surface area contributed by atoms with Gasteiger partial charge < -0.3 is 4.90 Å². The largest absolute Gasteiger partial charge is 0.337 e. The summed E-state index contributed by atoms with van der Waals surface area (Å²) in [6.07, 6.45) is 0. The van der Waals surface area contributed by atoms with Gasteiger partial charge in [-0.1, -0.05) is 30.3 Å². The minimum absolute atomic E-state index is 0.0190. The zero-order chi connectivity index (χ0) is 15.5. The lowest BCUT2D eigenvalue weighted by Gasteiger charge is -2.16. The van der Waals surface area contributed by atoms with E-state index in [-0.39, 0.29) is 5.91 Å². The van der Waals surface area contributed by atoms with Gasteiger partial charge in [0, 0.05) is 18.3 Å². The molecule has 0 atom stereocenters.